The molecular weight excluding hydrogens is 321 g/mol. The van der Waals surface area contributed by atoms with Crippen LogP contribution in [0.25, 0.3) is 22.1 Å². The van der Waals surface area contributed by atoms with Gasteiger partial charge >= 0.3 is 6.18 Å². The molecule has 0 bridgehead atoms. The number of hydrogen-bond donors (Lipinski definition) is 3. The number of anilines is 2. The maximum absolute atomic E-state index is 13.0. The number of halogens is 3. The molecule has 24 heavy (non-hydrogen) atoms. The fourth-order valence-corrected chi connectivity index (χ4v) is 2.49. The van der Waals surface area contributed by atoms with Crippen LogP contribution in [0.4, 0.5) is 24.9 Å². The minimum Gasteiger partial charge on any atom is -0.343 e. The van der Waals surface area contributed by atoms with E-state index in [2.05, 4.69) is 30.2 Å². The van der Waals surface area contributed by atoms with Crippen LogP contribution in [0.2, 0.25) is 0 Å². The van der Waals surface area contributed by atoms with E-state index in [0.29, 0.717) is 22.5 Å². The van der Waals surface area contributed by atoms with Gasteiger partial charge in [0.25, 0.3) is 0 Å². The van der Waals surface area contributed by atoms with Gasteiger partial charge in [0, 0.05) is 5.69 Å². The number of nitrogens with zero attached hydrogens (tertiary/aromatic N) is 3. The lowest BCUT2D eigenvalue weighted by molar-refractivity contribution is -0.144. The van der Waals surface area contributed by atoms with Crippen molar-refractivity contribution in [3.8, 4) is 0 Å². The zero-order chi connectivity index (χ0) is 16.9. The molecule has 0 amide bonds. The number of benzene rings is 1. The molecule has 6 nitrogen and oxygen atoms in total. The summed E-state index contributed by atoms with van der Waals surface area (Å²) in [5, 5.41) is 3.28. The average Bonchev–Trinajstić information content (AvgIpc) is 3.07. The lowest BCUT2D eigenvalue weighted by atomic mass is 10.3. The van der Waals surface area contributed by atoms with Crippen molar-refractivity contribution in [1.29, 1.82) is 0 Å². The molecule has 3 N–H and O–H groups in total. The first-order chi connectivity index (χ1) is 11.4. The molecule has 0 unspecified atom stereocenters. The molecule has 9 heteroatoms. The maximum atomic E-state index is 13.0. The van der Waals surface area contributed by atoms with Crippen LogP contribution in [0.15, 0.2) is 30.3 Å². The third-order valence-electron chi connectivity index (χ3n) is 3.50. The lowest BCUT2D eigenvalue weighted by Gasteiger charge is -2.08. The van der Waals surface area contributed by atoms with Crippen molar-refractivity contribution in [3.05, 3.63) is 41.9 Å². The molecule has 0 saturated heterocycles. The van der Waals surface area contributed by atoms with Crippen LogP contribution < -0.4 is 5.32 Å². The predicted molar refractivity (Wildman–Crippen MR) is 83.0 cm³/mol. The number of alkyl halides is 3. The number of rotatable bonds is 2. The van der Waals surface area contributed by atoms with Gasteiger partial charge in [-0.1, -0.05) is 12.1 Å². The minimum atomic E-state index is -4.64. The summed E-state index contributed by atoms with van der Waals surface area (Å²) in [6, 6.07) is 8.97. The molecule has 0 saturated carbocycles. The van der Waals surface area contributed by atoms with E-state index >= 15 is 0 Å². The van der Waals surface area contributed by atoms with E-state index in [9.17, 15) is 13.2 Å². The second kappa shape index (κ2) is 4.95. The van der Waals surface area contributed by atoms with E-state index < -0.39 is 12.0 Å². The number of aryl methyl sites for hydroxylation is 1. The van der Waals surface area contributed by atoms with Crippen LogP contribution in [0.3, 0.4) is 0 Å². The second-order valence-electron chi connectivity index (χ2n) is 5.34. The average molecular weight is 332 g/mol. The fraction of sp³-hybridized carbons (Fsp3) is 0.133. The van der Waals surface area contributed by atoms with Gasteiger partial charge in [0.2, 0.25) is 11.8 Å². The number of nitrogens with one attached hydrogen (secondary N) is 3. The first-order valence-corrected chi connectivity index (χ1v) is 7.06. The number of fused-ring (bicyclic) bond motifs is 2. The number of para-hydroxylation sites is 2. The molecule has 1 aromatic carbocycles. The third-order valence-corrected chi connectivity index (χ3v) is 3.50. The van der Waals surface area contributed by atoms with Crippen molar-refractivity contribution >= 4 is 33.8 Å². The number of aromatic nitrogens is 5. The largest absolute Gasteiger partial charge is 0.451 e. The normalized spacial score (nSPS) is 12.2. The standard InChI is InChI=1S/C15H11F3N6/c1-7-6-8-11(19-7)22-13(15(16,17)18)23-12(8)24-14-20-9-4-2-3-5-10(9)21-14/h2-6H,1H3,(H3,19,20,21,22,23,24). The van der Waals surface area contributed by atoms with E-state index in [-0.39, 0.29) is 11.5 Å². The van der Waals surface area contributed by atoms with Crippen molar-refractivity contribution in [2.24, 2.45) is 0 Å². The van der Waals surface area contributed by atoms with Gasteiger partial charge in [-0.05, 0) is 25.1 Å². The van der Waals surface area contributed by atoms with Crippen molar-refractivity contribution in [1.82, 2.24) is 24.9 Å². The first-order valence-electron chi connectivity index (χ1n) is 7.06. The SMILES string of the molecule is Cc1cc2c(Nc3nc4ccccc4[nH]3)nc(C(F)(F)F)nc2[nH]1. The molecule has 4 aromatic rings. The van der Waals surface area contributed by atoms with Gasteiger partial charge in [0.1, 0.15) is 11.5 Å². The van der Waals surface area contributed by atoms with E-state index in [0.717, 1.165) is 5.52 Å². The molecule has 3 heterocycles. The van der Waals surface area contributed by atoms with Gasteiger partial charge in [-0.15, -0.1) is 0 Å². The Labute approximate surface area is 133 Å². The van der Waals surface area contributed by atoms with E-state index in [1.165, 1.54) is 0 Å². The summed E-state index contributed by atoms with van der Waals surface area (Å²) in [6.07, 6.45) is -4.64. The maximum Gasteiger partial charge on any atom is 0.451 e. The van der Waals surface area contributed by atoms with Crippen molar-refractivity contribution in [3.63, 3.8) is 0 Å². The van der Waals surface area contributed by atoms with Gasteiger partial charge in [0.05, 0.1) is 16.4 Å². The fourth-order valence-electron chi connectivity index (χ4n) is 2.49. The highest BCUT2D eigenvalue weighted by Crippen LogP contribution is 2.31. The lowest BCUT2D eigenvalue weighted by Crippen LogP contribution is -2.12. The van der Waals surface area contributed by atoms with Gasteiger partial charge in [-0.3, -0.25) is 0 Å². The van der Waals surface area contributed by atoms with Gasteiger partial charge < -0.3 is 15.3 Å². The number of imidazole rings is 1. The highest BCUT2D eigenvalue weighted by Gasteiger charge is 2.36. The minimum absolute atomic E-state index is 0.0377. The quantitative estimate of drug-likeness (QED) is 0.520. The molecule has 0 radical (unpaired) electrons. The number of hydrogen-bond acceptors (Lipinski definition) is 4. The number of aromatic amines is 2. The summed E-state index contributed by atoms with van der Waals surface area (Å²) in [6.45, 7) is 1.74. The summed E-state index contributed by atoms with van der Waals surface area (Å²) < 4.78 is 39.1. The first kappa shape index (κ1) is 14.5. The van der Waals surface area contributed by atoms with E-state index in [1.807, 2.05) is 18.2 Å². The summed E-state index contributed by atoms with van der Waals surface area (Å²) in [4.78, 5) is 17.3. The predicted octanol–water partition coefficient (Wildman–Crippen LogP) is 3.91. The Hall–Kier alpha value is -3.10. The smallest absolute Gasteiger partial charge is 0.343 e. The van der Waals surface area contributed by atoms with Crippen molar-refractivity contribution in [2.45, 2.75) is 13.1 Å². The zero-order valence-corrected chi connectivity index (χ0v) is 12.4. The summed E-state index contributed by atoms with van der Waals surface area (Å²) in [7, 11) is 0. The topological polar surface area (TPSA) is 82.3 Å². The third kappa shape index (κ3) is 2.43. The Morgan fingerprint density at radius 2 is 1.83 bits per heavy atom. The Morgan fingerprint density at radius 3 is 2.58 bits per heavy atom. The molecule has 3 aromatic heterocycles. The van der Waals surface area contributed by atoms with Crippen molar-refractivity contribution < 1.29 is 13.2 Å². The highest BCUT2D eigenvalue weighted by molar-refractivity contribution is 5.90. The van der Waals surface area contributed by atoms with Crippen LogP contribution in [0.1, 0.15) is 11.5 Å². The van der Waals surface area contributed by atoms with Gasteiger partial charge in [-0.25, -0.2) is 15.0 Å². The van der Waals surface area contributed by atoms with E-state index in [1.54, 1.807) is 19.1 Å². The van der Waals surface area contributed by atoms with Crippen LogP contribution >= 0.6 is 0 Å². The molecule has 122 valence electrons. The van der Waals surface area contributed by atoms with Crippen LogP contribution in [-0.4, -0.2) is 24.9 Å². The summed E-state index contributed by atoms with van der Waals surface area (Å²) in [5.74, 6) is -0.866. The molecule has 0 aliphatic rings. The summed E-state index contributed by atoms with van der Waals surface area (Å²) in [5.41, 5.74) is 2.28. The molecular formula is C15H11F3N6. The summed E-state index contributed by atoms with van der Waals surface area (Å²) >= 11 is 0. The van der Waals surface area contributed by atoms with Gasteiger partial charge in [0.15, 0.2) is 0 Å². The van der Waals surface area contributed by atoms with Gasteiger partial charge in [-0.2, -0.15) is 13.2 Å². The zero-order valence-electron chi connectivity index (χ0n) is 12.4. The Morgan fingerprint density at radius 1 is 1.04 bits per heavy atom. The monoisotopic (exact) mass is 332 g/mol. The molecule has 0 fully saturated rings. The Bertz CT molecular complexity index is 1010. The molecule has 0 aliphatic carbocycles. The van der Waals surface area contributed by atoms with Crippen LogP contribution in [0, 0.1) is 6.92 Å². The Kier molecular flexibility index (Phi) is 2.99. The van der Waals surface area contributed by atoms with Crippen LogP contribution in [-0.2, 0) is 6.18 Å². The number of H-pyrrole nitrogens is 2. The molecule has 0 atom stereocenters. The second-order valence-corrected chi connectivity index (χ2v) is 5.34. The van der Waals surface area contributed by atoms with E-state index in [4.69, 9.17) is 0 Å². The molecule has 0 aliphatic heterocycles. The Balaban J connectivity index is 1.85. The van der Waals surface area contributed by atoms with Crippen LogP contribution in [0.5, 0.6) is 0 Å². The van der Waals surface area contributed by atoms with Crippen molar-refractivity contribution in [2.75, 3.05) is 5.32 Å². The highest BCUT2D eigenvalue weighted by atomic mass is 19.4. The molecule has 4 rings (SSSR count). The molecule has 0 spiro atoms.